The largest absolute Gasteiger partial charge is 1.00 e. The predicted octanol–water partition coefficient (Wildman–Crippen LogP) is -2.00. The second kappa shape index (κ2) is 59.3. The fourth-order valence-electron chi connectivity index (χ4n) is 0. The Bertz CT molecular complexity index is 53.8. The van der Waals surface area contributed by atoms with E-state index in [4.69, 9.17) is 5.11 Å². The molecule has 0 aromatic heterocycles. The van der Waals surface area contributed by atoms with Crippen molar-refractivity contribution in [1.82, 2.24) is 0 Å². The van der Waals surface area contributed by atoms with E-state index in [-0.39, 0.29) is 36.2 Å². The first kappa shape index (κ1) is 22.4. The van der Waals surface area contributed by atoms with Crippen molar-refractivity contribution < 1.29 is 34.7 Å². The maximum absolute atomic E-state index is 8.93. The Balaban J connectivity index is -0.0000000202. The second-order valence-electron chi connectivity index (χ2n) is 0.372. The fraction of sp³-hybridized carbons (Fsp3) is 0.500. The van der Waals surface area contributed by atoms with E-state index in [0.717, 1.165) is 0 Å². The summed E-state index contributed by atoms with van der Waals surface area (Å²) in [5.41, 5.74) is 0. The molecule has 0 aliphatic carbocycles. The molecule has 0 radical (unpaired) electrons. The van der Waals surface area contributed by atoms with Crippen molar-refractivity contribution in [2.45, 2.75) is 6.92 Å². The van der Waals surface area contributed by atoms with Gasteiger partial charge in [-0.3, -0.25) is 0 Å². The van der Waals surface area contributed by atoms with Crippen LogP contribution in [0.25, 0.3) is 0 Å². The van der Waals surface area contributed by atoms with Crippen molar-refractivity contribution in [2.75, 3.05) is 6.61 Å². The Hall–Kier alpha value is 1.27. The normalized spacial score (nSPS) is 3.33. The van der Waals surface area contributed by atoms with Gasteiger partial charge in [0.05, 0.1) is 0 Å². The second-order valence-corrected chi connectivity index (χ2v) is 1.04. The average Bonchev–Trinajstić information content (AvgIpc) is 1.75. The summed E-state index contributed by atoms with van der Waals surface area (Å²) in [5.74, 6) is 2.83. The molecule has 0 rings (SSSR count). The first-order valence-electron chi connectivity index (χ1n) is 1.69. The van der Waals surface area contributed by atoms with Crippen molar-refractivity contribution in [2.24, 2.45) is 0 Å². The molecule has 0 atom stereocenters. The molecule has 0 aliphatic rings. The molecule has 0 aliphatic heterocycles. The van der Waals surface area contributed by atoms with Crippen LogP contribution in [0, 0.1) is 0 Å². The third-order valence-electron chi connectivity index (χ3n) is 0. The van der Waals surface area contributed by atoms with Crippen molar-refractivity contribution in [3.05, 3.63) is 0 Å². The standard InChI is InChI=1S/C2H5O.CS2.CH2S.Na/c1-2-3;2-1-3;1-2;/h2H2,1H3;;1H2;/q-1;;;+1. The quantitative estimate of drug-likeness (QED) is 0.326. The van der Waals surface area contributed by atoms with Gasteiger partial charge in [0, 0.05) is 4.31 Å². The topological polar surface area (TPSA) is 23.1 Å². The molecule has 0 N–H and O–H groups in total. The van der Waals surface area contributed by atoms with Gasteiger partial charge in [0.15, 0.2) is 0 Å². The molecule has 0 saturated heterocycles. The molecular weight excluding hydrogens is 183 g/mol. The molecule has 0 aromatic rings. The first-order valence-corrected chi connectivity index (χ1v) is 3.09. The number of rotatable bonds is 0. The molecule has 0 amide bonds. The SMILES string of the molecule is C=S.CC[O-].S=C=S.[Na+]. The smallest absolute Gasteiger partial charge is 0.855 e. The van der Waals surface area contributed by atoms with E-state index in [1.807, 2.05) is 4.31 Å². The van der Waals surface area contributed by atoms with Crippen LogP contribution in [0.15, 0.2) is 0 Å². The van der Waals surface area contributed by atoms with E-state index in [2.05, 4.69) is 42.5 Å². The predicted molar refractivity (Wildman–Crippen MR) is 45.4 cm³/mol. The maximum atomic E-state index is 8.93. The summed E-state index contributed by atoms with van der Waals surface area (Å²) in [5, 5.41) is 8.93. The molecule has 0 fully saturated rings. The first-order chi connectivity index (χ1) is 3.83. The van der Waals surface area contributed by atoms with Gasteiger partial charge in [-0.25, -0.2) is 0 Å². The summed E-state index contributed by atoms with van der Waals surface area (Å²) in [6.45, 7) is 1.57. The molecule has 9 heavy (non-hydrogen) atoms. The summed E-state index contributed by atoms with van der Waals surface area (Å²) in [6, 6.07) is 0. The number of hydrogen-bond acceptors (Lipinski definition) is 4. The van der Waals surface area contributed by atoms with Gasteiger partial charge in [-0.15, -0.1) is 6.61 Å². The maximum Gasteiger partial charge on any atom is 1.00 e. The summed E-state index contributed by atoms with van der Waals surface area (Å²) in [7, 11) is 0. The third kappa shape index (κ3) is 304. The van der Waals surface area contributed by atoms with Gasteiger partial charge in [0.25, 0.3) is 0 Å². The third-order valence-corrected chi connectivity index (χ3v) is 0. The number of thiocarbonyl (C=S) groups is 3. The van der Waals surface area contributed by atoms with E-state index in [1.54, 1.807) is 6.92 Å². The fourth-order valence-corrected chi connectivity index (χ4v) is 0. The Morgan fingerprint density at radius 3 is 1.44 bits per heavy atom. The van der Waals surface area contributed by atoms with Gasteiger partial charge >= 0.3 is 29.6 Å². The van der Waals surface area contributed by atoms with E-state index in [0.29, 0.717) is 0 Å². The van der Waals surface area contributed by atoms with Crippen LogP contribution in [-0.4, -0.2) is 16.8 Å². The molecule has 0 bridgehead atoms. The molecule has 0 heterocycles. The van der Waals surface area contributed by atoms with Crippen LogP contribution in [-0.2, 0) is 0 Å². The minimum Gasteiger partial charge on any atom is -0.855 e. The van der Waals surface area contributed by atoms with Crippen molar-refractivity contribution >= 4 is 46.8 Å². The van der Waals surface area contributed by atoms with Crippen LogP contribution >= 0.6 is 36.7 Å². The minimum absolute atomic E-state index is 0. The Labute approximate surface area is 94.1 Å². The number of hydrogen-bond donors (Lipinski definition) is 0. The zero-order valence-electron chi connectivity index (χ0n) is 5.55. The Morgan fingerprint density at radius 2 is 1.44 bits per heavy atom. The summed E-state index contributed by atoms with van der Waals surface area (Å²) in [6.07, 6.45) is 0. The van der Waals surface area contributed by atoms with Gasteiger partial charge < -0.3 is 5.11 Å². The molecule has 5 heteroatoms. The summed E-state index contributed by atoms with van der Waals surface area (Å²) in [4.78, 5) is 0. The summed E-state index contributed by atoms with van der Waals surface area (Å²) < 4.78 is 1.92. The van der Waals surface area contributed by atoms with Crippen LogP contribution in [0.1, 0.15) is 6.92 Å². The molecule has 48 valence electrons. The monoisotopic (exact) mass is 190 g/mol. The van der Waals surface area contributed by atoms with Crippen LogP contribution in [0.5, 0.6) is 0 Å². The zero-order valence-corrected chi connectivity index (χ0v) is 10.00. The van der Waals surface area contributed by atoms with Gasteiger partial charge in [-0.1, -0.05) is 19.1 Å². The van der Waals surface area contributed by atoms with E-state index in [9.17, 15) is 0 Å². The molecular formula is C4H7NaOS3. The Kier molecular flexibility index (Phi) is 148. The van der Waals surface area contributed by atoms with Crippen molar-refractivity contribution in [1.29, 1.82) is 0 Å². The van der Waals surface area contributed by atoms with E-state index in [1.165, 1.54) is 0 Å². The van der Waals surface area contributed by atoms with Gasteiger partial charge in [0.2, 0.25) is 0 Å². The zero-order chi connectivity index (χ0) is 7.41. The molecule has 1 nitrogen and oxygen atoms in total. The van der Waals surface area contributed by atoms with Crippen molar-refractivity contribution in [3.63, 3.8) is 0 Å². The minimum atomic E-state index is 0. The van der Waals surface area contributed by atoms with Crippen LogP contribution in [0.3, 0.4) is 0 Å². The van der Waals surface area contributed by atoms with E-state index < -0.39 is 0 Å². The van der Waals surface area contributed by atoms with E-state index >= 15 is 0 Å². The Morgan fingerprint density at radius 1 is 1.44 bits per heavy atom. The van der Waals surface area contributed by atoms with Crippen molar-refractivity contribution in [3.8, 4) is 0 Å². The van der Waals surface area contributed by atoms with Crippen LogP contribution < -0.4 is 34.7 Å². The molecule has 0 unspecified atom stereocenters. The van der Waals surface area contributed by atoms with Crippen LogP contribution in [0.2, 0.25) is 0 Å². The molecule has 0 saturated carbocycles. The van der Waals surface area contributed by atoms with Gasteiger partial charge in [-0.05, 0) is 30.3 Å². The van der Waals surface area contributed by atoms with Gasteiger partial charge in [0.1, 0.15) is 0 Å². The molecule has 0 spiro atoms. The average molecular weight is 190 g/mol. The molecule has 0 aromatic carbocycles. The van der Waals surface area contributed by atoms with Crippen LogP contribution in [0.4, 0.5) is 0 Å². The van der Waals surface area contributed by atoms with Gasteiger partial charge in [-0.2, -0.15) is 0 Å². The summed E-state index contributed by atoms with van der Waals surface area (Å²) >= 11 is 11.8.